The Kier molecular flexibility index (Phi) is 14.7. The first-order valence-electron chi connectivity index (χ1n) is 21.5. The molecule has 6 aromatic rings. The minimum atomic E-state index is -0.708. The Bertz CT molecular complexity index is 2600. The normalized spacial score (nSPS) is 15.8. The molecule has 2 aromatic heterocycles. The van der Waals surface area contributed by atoms with Crippen LogP contribution in [0.25, 0.3) is 28.0 Å². The number of halogens is 2. The fraction of sp³-hybridized carbons (Fsp3) is 0.327. The predicted octanol–water partition coefficient (Wildman–Crippen LogP) is 9.58. The molecular formula is C49H53ClFN7O5. The quantitative estimate of drug-likeness (QED) is 0.0641. The third-order valence-electron chi connectivity index (χ3n) is 11.6. The van der Waals surface area contributed by atoms with Crippen LogP contribution in [0, 0.1) is 11.2 Å². The Morgan fingerprint density at radius 1 is 0.984 bits per heavy atom. The van der Waals surface area contributed by atoms with E-state index in [1.165, 1.54) is 9.13 Å². The number of piperidine rings is 1. The molecule has 1 saturated heterocycles. The fourth-order valence-corrected chi connectivity index (χ4v) is 8.79. The van der Waals surface area contributed by atoms with E-state index in [4.69, 9.17) is 32.2 Å². The first kappa shape index (κ1) is 44.7. The summed E-state index contributed by atoms with van der Waals surface area (Å²) in [5.41, 5.74) is 8.90. The Labute approximate surface area is 371 Å². The summed E-state index contributed by atoms with van der Waals surface area (Å²) in [4.78, 5) is 47.5. The Balaban J connectivity index is 1.15. The highest BCUT2D eigenvalue weighted by atomic mass is 35.5. The van der Waals surface area contributed by atoms with Crippen LogP contribution in [0.5, 0.6) is 0 Å². The molecule has 63 heavy (non-hydrogen) atoms. The molecule has 0 bridgehead atoms. The number of amidine groups is 1. The number of ether oxygens (including phenoxy) is 2. The Morgan fingerprint density at radius 2 is 1.71 bits per heavy atom. The third kappa shape index (κ3) is 10.8. The molecule has 0 radical (unpaired) electrons. The van der Waals surface area contributed by atoms with Gasteiger partial charge in [-0.25, -0.2) is 14.0 Å². The summed E-state index contributed by atoms with van der Waals surface area (Å²) in [6.07, 6.45) is 7.74. The van der Waals surface area contributed by atoms with Gasteiger partial charge in [0.15, 0.2) is 11.5 Å². The zero-order valence-corrected chi connectivity index (χ0v) is 36.3. The number of nitrogens with zero attached hydrogens (tertiary/aromatic N) is 4. The van der Waals surface area contributed by atoms with Crippen molar-refractivity contribution in [2.75, 3.05) is 13.2 Å². The number of nitrogens with one attached hydrogen (secondary N) is 2. The van der Waals surface area contributed by atoms with E-state index < -0.39 is 23.5 Å². The number of aryl methyl sites for hydroxylation is 1. The molecule has 1 aliphatic heterocycles. The van der Waals surface area contributed by atoms with Crippen molar-refractivity contribution in [3.63, 3.8) is 0 Å². The van der Waals surface area contributed by atoms with E-state index in [9.17, 15) is 14.4 Å². The maximum Gasteiger partial charge on any atom is 0.407 e. The monoisotopic (exact) mass is 873 g/mol. The smallest absolute Gasteiger partial charge is 0.407 e. The van der Waals surface area contributed by atoms with E-state index >= 15 is 4.39 Å². The minimum Gasteiger partial charge on any atom is -0.466 e. The number of carbonyl (C=O) groups excluding carboxylic acids is 2. The molecule has 4 N–H and O–H groups in total. The number of carbonyl (C=O) groups is 2. The molecule has 1 fully saturated rings. The van der Waals surface area contributed by atoms with Gasteiger partial charge in [-0.2, -0.15) is 4.98 Å². The molecule has 1 aliphatic rings. The zero-order valence-electron chi connectivity index (χ0n) is 35.6. The topological polar surface area (TPSA) is 158 Å². The highest BCUT2D eigenvalue weighted by Crippen LogP contribution is 2.37. The molecule has 0 saturated carbocycles. The number of hydrogen-bond acceptors (Lipinski definition) is 8. The molecule has 7 rings (SSSR count). The second kappa shape index (κ2) is 20.7. The molecular weight excluding hydrogens is 821 g/mol. The lowest BCUT2D eigenvalue weighted by atomic mass is 9.89. The molecule has 0 spiro atoms. The molecule has 4 aromatic carbocycles. The lowest BCUT2D eigenvalue weighted by Gasteiger charge is -2.42. The van der Waals surface area contributed by atoms with Gasteiger partial charge >= 0.3 is 11.8 Å². The van der Waals surface area contributed by atoms with Crippen molar-refractivity contribution in [3.05, 3.63) is 153 Å². The van der Waals surface area contributed by atoms with Crippen molar-refractivity contribution in [2.45, 2.75) is 89.9 Å². The molecule has 14 heteroatoms. The van der Waals surface area contributed by atoms with Crippen LogP contribution in [0.3, 0.4) is 0 Å². The molecule has 12 nitrogen and oxygen atoms in total. The molecule has 0 unspecified atom stereocenters. The van der Waals surface area contributed by atoms with Gasteiger partial charge in [0, 0.05) is 40.8 Å². The molecule has 0 aliphatic carbocycles. The number of likely N-dealkylation sites (tertiary alicyclic amines) is 1. The maximum absolute atomic E-state index is 16.2. The molecule has 3 atom stereocenters. The maximum atomic E-state index is 16.2. The molecule has 1 amide bonds. The van der Waals surface area contributed by atoms with E-state index in [2.05, 4.69) is 22.1 Å². The Morgan fingerprint density at radius 3 is 2.43 bits per heavy atom. The summed E-state index contributed by atoms with van der Waals surface area (Å²) in [7, 11) is 0. The molecule has 328 valence electrons. The summed E-state index contributed by atoms with van der Waals surface area (Å²) in [6, 6.07) is 30.8. The van der Waals surface area contributed by atoms with Gasteiger partial charge < -0.3 is 20.5 Å². The highest BCUT2D eigenvalue weighted by Gasteiger charge is 2.31. The van der Waals surface area contributed by atoms with Gasteiger partial charge in [0.05, 0.1) is 23.0 Å². The summed E-state index contributed by atoms with van der Waals surface area (Å²) < 4.78 is 29.6. The van der Waals surface area contributed by atoms with Gasteiger partial charge in [0.1, 0.15) is 6.61 Å². The van der Waals surface area contributed by atoms with Gasteiger partial charge in [-0.1, -0.05) is 79.2 Å². The number of nitrogens with two attached hydrogens (primary N) is 1. The summed E-state index contributed by atoms with van der Waals surface area (Å²) >= 11 is 6.55. The van der Waals surface area contributed by atoms with E-state index in [0.29, 0.717) is 48.5 Å². The fourth-order valence-electron chi connectivity index (χ4n) is 8.55. The second-order valence-electron chi connectivity index (χ2n) is 16.1. The number of aromatic nitrogens is 3. The first-order chi connectivity index (χ1) is 30.5. The van der Waals surface area contributed by atoms with Crippen molar-refractivity contribution in [3.8, 4) is 16.9 Å². The van der Waals surface area contributed by atoms with Crippen molar-refractivity contribution in [2.24, 2.45) is 5.73 Å². The number of alkyl carbamates (subject to hydrolysis) is 1. The summed E-state index contributed by atoms with van der Waals surface area (Å²) in [5, 5.41) is 10.6. The zero-order chi connectivity index (χ0) is 44.5. The number of amides is 1. The van der Waals surface area contributed by atoms with Crippen LogP contribution in [0.15, 0.2) is 114 Å². The van der Waals surface area contributed by atoms with Crippen LogP contribution in [0.4, 0.5) is 9.18 Å². The van der Waals surface area contributed by atoms with Crippen LogP contribution < -0.4 is 16.7 Å². The number of benzene rings is 4. The van der Waals surface area contributed by atoms with E-state index in [0.717, 1.165) is 55.3 Å². The van der Waals surface area contributed by atoms with Gasteiger partial charge in [0.2, 0.25) is 0 Å². The Hall–Kier alpha value is -6.31. The largest absolute Gasteiger partial charge is 0.466 e. The predicted molar refractivity (Wildman–Crippen MR) is 244 cm³/mol. The average molecular weight is 874 g/mol. The van der Waals surface area contributed by atoms with Crippen molar-refractivity contribution in [1.82, 2.24) is 24.3 Å². The highest BCUT2D eigenvalue weighted by molar-refractivity contribution is 6.31. The van der Waals surface area contributed by atoms with Gasteiger partial charge in [-0.05, 0) is 124 Å². The van der Waals surface area contributed by atoms with Gasteiger partial charge in [0.25, 0.3) is 11.9 Å². The van der Waals surface area contributed by atoms with Crippen LogP contribution in [-0.2, 0) is 22.5 Å². The van der Waals surface area contributed by atoms with Crippen molar-refractivity contribution < 1.29 is 23.5 Å². The van der Waals surface area contributed by atoms with Gasteiger partial charge in [-0.3, -0.25) is 24.2 Å². The van der Waals surface area contributed by atoms with E-state index in [1.54, 1.807) is 54.7 Å². The van der Waals surface area contributed by atoms with Crippen LogP contribution in [0.1, 0.15) is 91.9 Å². The van der Waals surface area contributed by atoms with Crippen molar-refractivity contribution >= 4 is 40.7 Å². The summed E-state index contributed by atoms with van der Waals surface area (Å²) in [6.45, 7) is 5.53. The van der Waals surface area contributed by atoms with Crippen LogP contribution in [0.2, 0.25) is 5.02 Å². The van der Waals surface area contributed by atoms with Crippen molar-refractivity contribution in [1.29, 1.82) is 5.41 Å². The SMILES string of the molecule is CCCN1[C@H](CCOC(=N)N)CCC[C@H]1c1ccc(-n2cc3cc(-c4cc(CCC[C@H](C)NC(=O)OCc5ccccc5)cc(Cl)c4F)n(C(=O)c4ccccc4)c3nc2=O)cc1. The van der Waals surface area contributed by atoms with E-state index in [1.807, 2.05) is 61.5 Å². The summed E-state index contributed by atoms with van der Waals surface area (Å²) in [5.74, 6) is -1.19. The van der Waals surface area contributed by atoms with E-state index in [-0.39, 0.29) is 46.6 Å². The third-order valence-corrected chi connectivity index (χ3v) is 11.9. The lowest BCUT2D eigenvalue weighted by molar-refractivity contribution is 0.0661. The lowest BCUT2D eigenvalue weighted by Crippen LogP contribution is -2.43. The number of fused-ring (bicyclic) bond motifs is 1. The number of hydrogen-bond donors (Lipinski definition) is 3. The van der Waals surface area contributed by atoms with Crippen LogP contribution >= 0.6 is 11.6 Å². The standard InChI is InChI=1S/C49H53ClFN7O5/c1-3-25-56-38(24-26-62-47(52)53)18-11-19-42(56)35-20-22-39(23-21-35)57-30-37-29-43(58(45(37)55-48(57)60)46(59)36-16-8-5-9-17-36)40-27-34(28-41(50)44(40)51)15-10-12-32(2)54-49(61)63-31-33-13-6-4-7-14-33/h4-9,13-14,16-17,20-23,27-30,32,38,42H,3,10-12,15,18-19,24-26,31H2,1-2H3,(H3,52,53)(H,54,61)/t32-,38-,42-/m0/s1. The number of rotatable bonds is 16. The first-order valence-corrected chi connectivity index (χ1v) is 21.9. The molecule has 3 heterocycles. The average Bonchev–Trinajstić information content (AvgIpc) is 3.65. The van der Waals surface area contributed by atoms with Crippen LogP contribution in [-0.4, -0.2) is 62.3 Å². The van der Waals surface area contributed by atoms with Gasteiger partial charge in [-0.15, -0.1) is 0 Å². The minimum absolute atomic E-state index is 0.0916. The second-order valence-corrected chi connectivity index (χ2v) is 16.5.